The minimum Gasteiger partial charge on any atom is -0.495 e. The van der Waals surface area contributed by atoms with E-state index in [4.69, 9.17) is 4.74 Å². The first kappa shape index (κ1) is 15.9. The summed E-state index contributed by atoms with van der Waals surface area (Å²) in [5.74, 6) is 0.502. The third-order valence-electron chi connectivity index (χ3n) is 3.67. The van der Waals surface area contributed by atoms with Gasteiger partial charge in [-0.05, 0) is 49.2 Å². The van der Waals surface area contributed by atoms with Gasteiger partial charge in [-0.25, -0.2) is 4.79 Å². The number of nitrogens with one attached hydrogen (secondary N) is 3. The van der Waals surface area contributed by atoms with Crippen molar-refractivity contribution in [1.82, 2.24) is 5.32 Å². The third-order valence-corrected chi connectivity index (χ3v) is 3.67. The fourth-order valence-corrected chi connectivity index (χ4v) is 2.23. The molecule has 24 heavy (non-hydrogen) atoms. The number of methoxy groups -OCH3 is 1. The molecule has 1 aliphatic rings. The predicted octanol–water partition coefficient (Wildman–Crippen LogP) is 3.23. The maximum Gasteiger partial charge on any atom is 0.323 e. The van der Waals surface area contributed by atoms with Crippen molar-refractivity contribution in [1.29, 1.82) is 0 Å². The normalized spacial score (nSPS) is 13.0. The monoisotopic (exact) mass is 325 g/mol. The molecule has 3 rings (SSSR count). The van der Waals surface area contributed by atoms with Crippen molar-refractivity contribution >= 4 is 23.3 Å². The van der Waals surface area contributed by atoms with Crippen LogP contribution in [0.3, 0.4) is 0 Å². The van der Waals surface area contributed by atoms with Crippen molar-refractivity contribution in [3.05, 3.63) is 54.1 Å². The molecule has 6 nitrogen and oxygen atoms in total. The van der Waals surface area contributed by atoms with Crippen molar-refractivity contribution in [3.8, 4) is 5.75 Å². The highest BCUT2D eigenvalue weighted by Crippen LogP contribution is 2.23. The Balaban J connectivity index is 1.58. The standard InChI is InChI=1S/C18H19N3O3/c1-24-16-5-3-2-4-15(16)21-18(23)20-14-8-6-12(7-9-14)17(22)19-13-10-11-13/h2-9,13H,10-11H2,1H3,(H,19,22)(H2,20,21,23). The second-order valence-electron chi connectivity index (χ2n) is 5.60. The molecular formula is C18H19N3O3. The molecule has 1 aliphatic carbocycles. The number of hydrogen-bond donors (Lipinski definition) is 3. The Bertz CT molecular complexity index is 739. The topological polar surface area (TPSA) is 79.5 Å². The molecule has 2 aromatic carbocycles. The number of carbonyl (C=O) groups is 2. The summed E-state index contributed by atoms with van der Waals surface area (Å²) >= 11 is 0. The first-order valence-corrected chi connectivity index (χ1v) is 7.77. The zero-order valence-electron chi connectivity index (χ0n) is 13.3. The molecule has 1 saturated carbocycles. The molecular weight excluding hydrogens is 306 g/mol. The van der Waals surface area contributed by atoms with Gasteiger partial charge in [0, 0.05) is 17.3 Å². The summed E-state index contributed by atoms with van der Waals surface area (Å²) in [5, 5.41) is 8.37. The summed E-state index contributed by atoms with van der Waals surface area (Å²) in [6, 6.07) is 13.9. The average molecular weight is 325 g/mol. The van der Waals surface area contributed by atoms with Crippen molar-refractivity contribution in [2.75, 3.05) is 17.7 Å². The highest BCUT2D eigenvalue weighted by Gasteiger charge is 2.23. The molecule has 124 valence electrons. The van der Waals surface area contributed by atoms with Crippen LogP contribution >= 0.6 is 0 Å². The van der Waals surface area contributed by atoms with E-state index in [9.17, 15) is 9.59 Å². The van der Waals surface area contributed by atoms with Gasteiger partial charge in [0.15, 0.2) is 0 Å². The second kappa shape index (κ2) is 7.04. The van der Waals surface area contributed by atoms with E-state index in [0.29, 0.717) is 28.7 Å². The molecule has 0 aliphatic heterocycles. The first-order valence-electron chi connectivity index (χ1n) is 7.77. The molecule has 0 radical (unpaired) electrons. The molecule has 0 bridgehead atoms. The van der Waals surface area contributed by atoms with E-state index in [1.54, 1.807) is 43.5 Å². The molecule has 0 saturated heterocycles. The molecule has 0 heterocycles. The van der Waals surface area contributed by atoms with Crippen molar-refractivity contribution < 1.29 is 14.3 Å². The summed E-state index contributed by atoms with van der Waals surface area (Å²) in [4.78, 5) is 24.0. The lowest BCUT2D eigenvalue weighted by Crippen LogP contribution is -2.25. The molecule has 0 atom stereocenters. The van der Waals surface area contributed by atoms with Crippen molar-refractivity contribution in [2.24, 2.45) is 0 Å². The van der Waals surface area contributed by atoms with E-state index in [1.165, 1.54) is 0 Å². The highest BCUT2D eigenvalue weighted by atomic mass is 16.5. The maximum atomic E-state index is 12.1. The van der Waals surface area contributed by atoms with Gasteiger partial charge in [0.05, 0.1) is 12.8 Å². The van der Waals surface area contributed by atoms with E-state index >= 15 is 0 Å². The van der Waals surface area contributed by atoms with Crippen LogP contribution in [0.5, 0.6) is 5.75 Å². The third kappa shape index (κ3) is 4.04. The van der Waals surface area contributed by atoms with Crippen LogP contribution in [0.15, 0.2) is 48.5 Å². The molecule has 1 fully saturated rings. The lowest BCUT2D eigenvalue weighted by atomic mass is 10.2. The van der Waals surface area contributed by atoms with Gasteiger partial charge in [-0.2, -0.15) is 0 Å². The van der Waals surface area contributed by atoms with Crippen molar-refractivity contribution in [2.45, 2.75) is 18.9 Å². The SMILES string of the molecule is COc1ccccc1NC(=O)Nc1ccc(C(=O)NC2CC2)cc1. The summed E-state index contributed by atoms with van der Waals surface area (Å²) in [7, 11) is 1.55. The van der Waals surface area contributed by atoms with Crippen LogP contribution in [-0.4, -0.2) is 25.1 Å². The smallest absolute Gasteiger partial charge is 0.323 e. The van der Waals surface area contributed by atoms with Crippen LogP contribution in [0.25, 0.3) is 0 Å². The van der Waals surface area contributed by atoms with Crippen LogP contribution < -0.4 is 20.7 Å². The second-order valence-corrected chi connectivity index (χ2v) is 5.60. The number of hydrogen-bond acceptors (Lipinski definition) is 3. The number of anilines is 2. The van der Waals surface area contributed by atoms with E-state index in [0.717, 1.165) is 12.8 Å². The van der Waals surface area contributed by atoms with Gasteiger partial charge >= 0.3 is 6.03 Å². The van der Waals surface area contributed by atoms with Gasteiger partial charge < -0.3 is 20.7 Å². The average Bonchev–Trinajstić information content (AvgIpc) is 3.40. The Labute approximate surface area is 140 Å². The molecule has 0 unspecified atom stereocenters. The minimum absolute atomic E-state index is 0.0810. The Morgan fingerprint density at radius 3 is 2.38 bits per heavy atom. The van der Waals surface area contributed by atoms with E-state index in [-0.39, 0.29) is 11.9 Å². The van der Waals surface area contributed by atoms with Crippen LogP contribution in [0.2, 0.25) is 0 Å². The number of carbonyl (C=O) groups excluding carboxylic acids is 2. The van der Waals surface area contributed by atoms with Crippen LogP contribution in [0.4, 0.5) is 16.2 Å². The Kier molecular flexibility index (Phi) is 4.65. The lowest BCUT2D eigenvalue weighted by molar-refractivity contribution is 0.0951. The van der Waals surface area contributed by atoms with Gasteiger partial charge in [-0.15, -0.1) is 0 Å². The molecule has 6 heteroatoms. The number of rotatable bonds is 5. The number of para-hydroxylation sites is 2. The van der Waals surface area contributed by atoms with Crippen molar-refractivity contribution in [3.63, 3.8) is 0 Å². The molecule has 0 spiro atoms. The molecule has 2 aromatic rings. The first-order chi connectivity index (χ1) is 11.7. The van der Waals surface area contributed by atoms with Gasteiger partial charge in [-0.3, -0.25) is 4.79 Å². The number of urea groups is 1. The fourth-order valence-electron chi connectivity index (χ4n) is 2.23. The largest absolute Gasteiger partial charge is 0.495 e. The van der Waals surface area contributed by atoms with Gasteiger partial charge in [0.2, 0.25) is 0 Å². The molecule has 3 N–H and O–H groups in total. The minimum atomic E-state index is -0.380. The summed E-state index contributed by atoms with van der Waals surface area (Å²) in [6.45, 7) is 0. The zero-order valence-corrected chi connectivity index (χ0v) is 13.3. The van der Waals surface area contributed by atoms with E-state index in [2.05, 4.69) is 16.0 Å². The van der Waals surface area contributed by atoms with Gasteiger partial charge in [-0.1, -0.05) is 12.1 Å². The fraction of sp³-hybridized carbons (Fsp3) is 0.222. The Hall–Kier alpha value is -3.02. The quantitative estimate of drug-likeness (QED) is 0.789. The number of benzene rings is 2. The zero-order chi connectivity index (χ0) is 16.9. The number of amides is 3. The number of ether oxygens (including phenoxy) is 1. The van der Waals surface area contributed by atoms with Crippen LogP contribution in [0.1, 0.15) is 23.2 Å². The summed E-state index contributed by atoms with van der Waals surface area (Å²) in [5.41, 5.74) is 1.76. The summed E-state index contributed by atoms with van der Waals surface area (Å²) < 4.78 is 5.19. The van der Waals surface area contributed by atoms with Gasteiger partial charge in [0.1, 0.15) is 5.75 Å². The van der Waals surface area contributed by atoms with Crippen LogP contribution in [-0.2, 0) is 0 Å². The Morgan fingerprint density at radius 2 is 1.71 bits per heavy atom. The molecule has 3 amide bonds. The van der Waals surface area contributed by atoms with E-state index < -0.39 is 0 Å². The lowest BCUT2D eigenvalue weighted by Gasteiger charge is -2.11. The predicted molar refractivity (Wildman–Crippen MR) is 92.6 cm³/mol. The van der Waals surface area contributed by atoms with E-state index in [1.807, 2.05) is 12.1 Å². The Morgan fingerprint density at radius 1 is 1.00 bits per heavy atom. The van der Waals surface area contributed by atoms with Crippen LogP contribution in [0, 0.1) is 0 Å². The molecule has 0 aromatic heterocycles. The summed E-state index contributed by atoms with van der Waals surface area (Å²) in [6.07, 6.45) is 2.10. The maximum absolute atomic E-state index is 12.1. The van der Waals surface area contributed by atoms with Gasteiger partial charge in [0.25, 0.3) is 5.91 Å². The highest BCUT2D eigenvalue weighted by molar-refractivity contribution is 6.01.